The molecule has 0 spiro atoms. The molecule has 1 unspecified atom stereocenters. The second-order valence-electron chi connectivity index (χ2n) is 30.7. The van der Waals surface area contributed by atoms with Crippen LogP contribution in [0.2, 0.25) is 0 Å². The van der Waals surface area contributed by atoms with Crippen LogP contribution in [0, 0.1) is 0 Å². The number of amides is 4. The lowest BCUT2D eigenvalue weighted by atomic mass is 9.93. The fourth-order valence-corrected chi connectivity index (χ4v) is 15.8. The molecule has 4 amide bonds. The molecule has 10 aliphatic heterocycles. The first-order chi connectivity index (χ1) is 57.3. The molecule has 0 aromatic heterocycles. The minimum atomic E-state index is -2.42. The zero-order valence-electron chi connectivity index (χ0n) is 65.6. The van der Waals surface area contributed by atoms with Crippen molar-refractivity contribution in [1.82, 2.24) is 21.3 Å². The molecule has 53 nitrogen and oxygen atoms in total. The Kier molecular flexibility index (Phi) is 35.6. The lowest BCUT2D eigenvalue weighted by molar-refractivity contribution is -0.406. The maximum atomic E-state index is 13.3. The Hall–Kier alpha value is -3.92. The Bertz CT molecular complexity index is 3250. The Labute approximate surface area is 686 Å². The van der Waals surface area contributed by atoms with Gasteiger partial charge in [-0.25, -0.2) is 0 Å². The van der Waals surface area contributed by atoms with Crippen LogP contribution in [0.3, 0.4) is 0 Å². The van der Waals surface area contributed by atoms with Gasteiger partial charge in [-0.2, -0.15) is 0 Å². The summed E-state index contributed by atoms with van der Waals surface area (Å²) in [4.78, 5) is 51.8. The number of rotatable bonds is 31. The highest BCUT2D eigenvalue weighted by Gasteiger charge is 2.62. The molecule has 0 saturated carbocycles. The Morgan fingerprint density at radius 1 is 0.281 bits per heavy atom. The van der Waals surface area contributed by atoms with Crippen molar-refractivity contribution >= 4 is 23.6 Å². The fourth-order valence-electron chi connectivity index (χ4n) is 15.8. The first-order valence-electron chi connectivity index (χ1n) is 38.8. The molecule has 10 heterocycles. The SMILES string of the molecule is CO[C@@H]1[C@H](O)[C@@H](O[C@H]2[C@H](O)[C@@H](CO[C@H]3O[C@H](CO)[C@@H](O)[C@H](O)[C@@H]3O[C@@H]3O[C@H](CO)[C@@H](O[C@@H]4O[C@H](CO)[C@H](O)[C@H](O[C@@H]5O[C@H](CO)[C@H](O)[C@H](O)[C@H]5O[C@@H]5O[C@@H](C)[C@@H](O)[C@@H](O)[C@@H]5O)[C@H]4NC(C)=O)[C@H](O)[C@H]3NC(C)=O)O[C@@H](O[C@H]3[C@H](O)[C@@H](NC(C)=O)[C@H](O[C@H]4[C@H](O)[C@@H](NC(C)=O)C(O)O[C@@H]4CO)O[C@@H]3CO)[C@H]2O[C@@H]2OC[C@@H](O)[C@H](O)[C@H]2O)O[C@H](CO)[C@H]1O. The summed E-state index contributed by atoms with van der Waals surface area (Å²) in [6, 6.07) is -7.52. The second-order valence-corrected chi connectivity index (χ2v) is 30.7. The van der Waals surface area contributed by atoms with E-state index < -0.39 is 384 Å². The van der Waals surface area contributed by atoms with Gasteiger partial charge in [0.15, 0.2) is 62.9 Å². The van der Waals surface area contributed by atoms with Gasteiger partial charge in [-0.15, -0.1) is 0 Å². The van der Waals surface area contributed by atoms with E-state index in [0.717, 1.165) is 34.8 Å². The van der Waals surface area contributed by atoms with Gasteiger partial charge in [0.25, 0.3) is 0 Å². The third-order valence-electron chi connectivity index (χ3n) is 22.3. The lowest BCUT2D eigenvalue weighted by Gasteiger charge is -2.52. The predicted octanol–water partition coefficient (Wildman–Crippen LogP) is -19.9. The van der Waals surface area contributed by atoms with Gasteiger partial charge in [0.1, 0.15) is 232 Å². The summed E-state index contributed by atoms with van der Waals surface area (Å²) in [5, 5.41) is 290. The molecule has 121 heavy (non-hydrogen) atoms. The molecule has 10 fully saturated rings. The van der Waals surface area contributed by atoms with Crippen LogP contribution in [-0.2, 0) is 114 Å². The van der Waals surface area contributed by atoms with E-state index in [2.05, 4.69) is 21.3 Å². The fraction of sp³-hybridized carbons (Fsp3) is 0.941. The average Bonchev–Trinajstić information content (AvgIpc) is 0.762. The summed E-state index contributed by atoms with van der Waals surface area (Å²) in [6.45, 7) is -4.57. The van der Waals surface area contributed by atoms with Gasteiger partial charge in [0.2, 0.25) is 23.6 Å². The molecule has 10 saturated heterocycles. The summed E-state index contributed by atoms with van der Waals surface area (Å²) in [5.74, 6) is -3.66. The van der Waals surface area contributed by atoms with Gasteiger partial charge in [-0.05, 0) is 6.92 Å². The number of carbonyl (C=O) groups is 4. The van der Waals surface area contributed by atoms with Gasteiger partial charge >= 0.3 is 0 Å². The highest BCUT2D eigenvalue weighted by molar-refractivity contribution is 5.74. The maximum Gasteiger partial charge on any atom is 0.217 e. The van der Waals surface area contributed by atoms with Crippen LogP contribution in [0.25, 0.3) is 0 Å². The number of hydrogen-bond acceptors (Lipinski definition) is 49. The minimum Gasteiger partial charge on any atom is -0.394 e. The number of methoxy groups -OCH3 is 1. The number of ether oxygens (including phenoxy) is 20. The van der Waals surface area contributed by atoms with Crippen LogP contribution in [-0.4, -0.2) is 519 Å². The summed E-state index contributed by atoms with van der Waals surface area (Å²) >= 11 is 0. The van der Waals surface area contributed by atoms with E-state index in [9.17, 15) is 147 Å². The van der Waals surface area contributed by atoms with Crippen molar-refractivity contribution in [3.8, 4) is 0 Å². The number of nitrogens with one attached hydrogen (secondary N) is 4. The van der Waals surface area contributed by atoms with Gasteiger partial charge in [0, 0.05) is 34.8 Å². The third kappa shape index (κ3) is 22.0. The topological polar surface area (TPSA) is 807 Å². The molecule has 10 rings (SSSR count). The van der Waals surface area contributed by atoms with Crippen LogP contribution in [0.15, 0.2) is 0 Å². The van der Waals surface area contributed by atoms with Crippen molar-refractivity contribution in [3.63, 3.8) is 0 Å². The highest BCUT2D eigenvalue weighted by atomic mass is 16.8. The summed E-state index contributed by atoms with van der Waals surface area (Å²) in [7, 11) is 1.03. The van der Waals surface area contributed by atoms with E-state index in [1.165, 1.54) is 6.92 Å². The normalized spacial score (nSPS) is 49.4. The largest absolute Gasteiger partial charge is 0.394 e. The van der Waals surface area contributed by atoms with Crippen molar-refractivity contribution in [3.05, 3.63) is 0 Å². The lowest BCUT2D eigenvalue weighted by Crippen LogP contribution is -2.71. The zero-order valence-corrected chi connectivity index (χ0v) is 65.6. The summed E-state index contributed by atoms with van der Waals surface area (Å²) in [6.07, 6.45) is -91.4. The van der Waals surface area contributed by atoms with E-state index >= 15 is 0 Å². The van der Waals surface area contributed by atoms with E-state index in [-0.39, 0.29) is 0 Å². The third-order valence-corrected chi connectivity index (χ3v) is 22.3. The molecular weight excluding hydrogens is 1660 g/mol. The standard InChI is InChI=1S/C68H114N4O49/c1-16-34(85)44(95)48(99)64(105-16)120-57-46(97)37(88)23(8-74)110-67(57)117-53-33(72-20(5)83)62(107-24(9-75)38(53)89)115-51-27(12-78)112-61(32(42(51)93)71-19(4)82)119-56-45(96)36(87)22(7-73)109-66(56)104-15-29-40(91)55(118-65-49(100)54(102-6)39(90)25(10-76)108-65)58(121-63-47(98)35(86)21(84)14-103-63)68(113-29)116-52-28(13-79)111-60(31(43(52)94)70-18(3)81)114-50-26(11-77)106-59(101)30(41(50)92)69-17(2)80/h16,21-68,73-79,84-101H,7-15H2,1-6H3,(H,69,80)(H,70,81)(H,71,82)(H,72,83)/t16-,21+,22+,23+,24+,25+,26+,27+,28+,29+,30+,31+,32+,33+,34+,35-,36+,37-,38-,39+,40+,41+,42+,43+,44+,45-,46-,47+,48-,49-,50+,51+,52+,53+,54-,55-,56-,57+,58-,59?,60-,61-,62-,63-,64-,65+,66-,67-,68-/m0/s1. The van der Waals surface area contributed by atoms with Gasteiger partial charge < -0.3 is 244 Å². The molecule has 700 valence electrons. The quantitative estimate of drug-likeness (QED) is 0.0306. The molecule has 0 radical (unpaired) electrons. The van der Waals surface area contributed by atoms with Crippen LogP contribution in [0.4, 0.5) is 0 Å². The van der Waals surface area contributed by atoms with Crippen molar-refractivity contribution < 1.29 is 242 Å². The molecule has 53 heteroatoms. The first-order valence-corrected chi connectivity index (χ1v) is 38.8. The molecule has 0 bridgehead atoms. The molecule has 29 N–H and O–H groups in total. The second kappa shape index (κ2) is 43.5. The van der Waals surface area contributed by atoms with Crippen LogP contribution >= 0.6 is 0 Å². The van der Waals surface area contributed by atoms with Crippen molar-refractivity contribution in [2.24, 2.45) is 0 Å². The first kappa shape index (κ1) is 99.2. The number of carbonyl (C=O) groups excluding carboxylic acids is 4. The molecule has 10 aliphatic rings. The van der Waals surface area contributed by atoms with E-state index in [4.69, 9.17) is 94.7 Å². The van der Waals surface area contributed by atoms with Crippen LogP contribution in [0.1, 0.15) is 34.6 Å². The predicted molar refractivity (Wildman–Crippen MR) is 373 cm³/mol. The van der Waals surface area contributed by atoms with E-state index in [1.54, 1.807) is 0 Å². The molecule has 0 aromatic carbocycles. The maximum absolute atomic E-state index is 13.3. The van der Waals surface area contributed by atoms with Crippen LogP contribution in [0.5, 0.6) is 0 Å². The summed E-state index contributed by atoms with van der Waals surface area (Å²) in [5.41, 5.74) is 0. The smallest absolute Gasteiger partial charge is 0.217 e. The van der Waals surface area contributed by atoms with E-state index in [1.807, 2.05) is 0 Å². The molecule has 49 atom stereocenters. The van der Waals surface area contributed by atoms with Crippen LogP contribution < -0.4 is 21.3 Å². The molecular formula is C68H114N4O49. The van der Waals surface area contributed by atoms with Gasteiger partial charge in [0.05, 0.1) is 65.6 Å². The Balaban J connectivity index is 0.966. The summed E-state index contributed by atoms with van der Waals surface area (Å²) < 4.78 is 120. The van der Waals surface area contributed by atoms with Gasteiger partial charge in [-0.3, -0.25) is 19.2 Å². The minimum absolute atomic E-state index is 0.786. The van der Waals surface area contributed by atoms with Gasteiger partial charge in [-0.1, -0.05) is 0 Å². The number of hydrogen-bond donors (Lipinski definition) is 29. The number of aliphatic hydroxyl groups is 25. The van der Waals surface area contributed by atoms with E-state index in [0.29, 0.717) is 0 Å². The Morgan fingerprint density at radius 3 is 1.12 bits per heavy atom. The average molecular weight is 1770 g/mol. The van der Waals surface area contributed by atoms with Crippen molar-refractivity contribution in [2.75, 3.05) is 66.6 Å². The zero-order chi connectivity index (χ0) is 88.9. The van der Waals surface area contributed by atoms with Crippen molar-refractivity contribution in [2.45, 2.75) is 335 Å². The molecule has 0 aliphatic carbocycles. The Morgan fingerprint density at radius 2 is 0.620 bits per heavy atom. The van der Waals surface area contributed by atoms with Crippen molar-refractivity contribution in [1.29, 1.82) is 0 Å². The highest BCUT2D eigenvalue weighted by Crippen LogP contribution is 2.41. The molecule has 0 aromatic rings. The monoisotopic (exact) mass is 1770 g/mol. The number of aliphatic hydroxyl groups excluding tert-OH is 25.